The van der Waals surface area contributed by atoms with Crippen molar-refractivity contribution in [2.24, 2.45) is 11.8 Å². The summed E-state index contributed by atoms with van der Waals surface area (Å²) in [4.78, 5) is 29.7. The van der Waals surface area contributed by atoms with Gasteiger partial charge >= 0.3 is 0 Å². The second-order valence-electron chi connectivity index (χ2n) is 13.8. The molecule has 5 atom stereocenters. The van der Waals surface area contributed by atoms with Crippen LogP contribution >= 0.6 is 0 Å². The summed E-state index contributed by atoms with van der Waals surface area (Å²) < 4.78 is 28.6. The van der Waals surface area contributed by atoms with Gasteiger partial charge in [0.25, 0.3) is 0 Å². The summed E-state index contributed by atoms with van der Waals surface area (Å²) in [5, 5.41) is 27.4. The zero-order chi connectivity index (χ0) is 37.2. The quantitative estimate of drug-likeness (QED) is 0.145. The van der Waals surface area contributed by atoms with E-state index in [0.717, 1.165) is 43.2 Å². The highest BCUT2D eigenvalue weighted by Gasteiger charge is 2.35. The maximum atomic E-state index is 13.9. The summed E-state index contributed by atoms with van der Waals surface area (Å²) in [6.45, 7) is 1.37. The smallest absolute Gasteiger partial charge is 0.243 e. The average Bonchev–Trinajstić information content (AvgIpc) is 3.12. The lowest BCUT2D eigenvalue weighted by molar-refractivity contribution is -0.132. The number of amides is 2. The number of sulfonamides is 1. The molecule has 51 heavy (non-hydrogen) atoms. The van der Waals surface area contributed by atoms with Gasteiger partial charge < -0.3 is 25.7 Å². The monoisotopic (exact) mass is 720 g/mol. The average molecular weight is 721 g/mol. The van der Waals surface area contributed by atoms with Gasteiger partial charge in [-0.3, -0.25) is 9.59 Å². The van der Waals surface area contributed by atoms with Crippen LogP contribution in [0, 0.1) is 36.5 Å². The highest BCUT2D eigenvalue weighted by Crippen LogP contribution is 2.29. The SMILES string of the molecule is C#CCCC(O)[C@H](O)C(CC1CCCCC1)NC(=O)[C@H](CC#C)NC(=O)C(Cc1ccccc1)CS(=O)(=O)N(C)CCN(C)Cc1ccccc1. The molecule has 0 bridgehead atoms. The van der Waals surface area contributed by atoms with Gasteiger partial charge in [-0.1, -0.05) is 92.8 Å². The molecule has 0 heterocycles. The topological polar surface area (TPSA) is 139 Å². The number of terminal acetylenes is 2. The van der Waals surface area contributed by atoms with Gasteiger partial charge in [-0.25, -0.2) is 12.7 Å². The molecular formula is C40H56N4O6S. The molecule has 2 amide bonds. The first kappa shape index (κ1) is 41.7. The fourth-order valence-electron chi connectivity index (χ4n) is 6.57. The molecule has 0 spiro atoms. The van der Waals surface area contributed by atoms with Crippen molar-refractivity contribution in [1.82, 2.24) is 19.8 Å². The number of benzene rings is 2. The molecule has 0 radical (unpaired) electrons. The molecule has 10 nitrogen and oxygen atoms in total. The van der Waals surface area contributed by atoms with Gasteiger partial charge in [-0.05, 0) is 43.4 Å². The largest absolute Gasteiger partial charge is 0.390 e. The van der Waals surface area contributed by atoms with Crippen LogP contribution < -0.4 is 10.6 Å². The summed E-state index contributed by atoms with van der Waals surface area (Å²) in [5.41, 5.74) is 1.89. The van der Waals surface area contributed by atoms with E-state index >= 15 is 0 Å². The van der Waals surface area contributed by atoms with Gasteiger partial charge in [-0.15, -0.1) is 24.7 Å². The summed E-state index contributed by atoms with van der Waals surface area (Å²) in [6, 6.07) is 17.0. The zero-order valence-electron chi connectivity index (χ0n) is 30.1. The predicted molar refractivity (Wildman–Crippen MR) is 201 cm³/mol. The van der Waals surface area contributed by atoms with E-state index in [-0.39, 0.29) is 38.1 Å². The highest BCUT2D eigenvalue weighted by atomic mass is 32.2. The zero-order valence-corrected chi connectivity index (χ0v) is 30.9. The Morgan fingerprint density at radius 1 is 0.882 bits per heavy atom. The van der Waals surface area contributed by atoms with Crippen molar-refractivity contribution in [2.75, 3.05) is 32.9 Å². The Bertz CT molecular complexity index is 1540. The number of nitrogens with zero attached hydrogens (tertiary/aromatic N) is 2. The molecule has 1 saturated carbocycles. The summed E-state index contributed by atoms with van der Waals surface area (Å²) >= 11 is 0. The van der Waals surface area contributed by atoms with E-state index in [1.54, 1.807) is 0 Å². The van der Waals surface area contributed by atoms with Gasteiger partial charge in [0.05, 0.1) is 23.8 Å². The normalized spacial score (nSPS) is 16.7. The van der Waals surface area contributed by atoms with E-state index in [0.29, 0.717) is 19.5 Å². The van der Waals surface area contributed by atoms with E-state index in [4.69, 9.17) is 12.8 Å². The standard InChI is InChI=1S/C40H56N4O6S/c1-5-7-24-37(45)38(46)36(28-32-20-13-9-14-21-32)42-40(48)35(17-6-2)41-39(47)34(27-31-18-11-8-12-19-31)30-51(49,50)44(4)26-25-43(3)29-33-22-15-10-16-23-33/h1-2,8,10-12,15-16,18-19,22-23,32,34-38,45-46H,7,9,13-14,17,20-21,24-30H2,3-4H3,(H,41,47)(H,42,48)/t34?,35-,36?,37?,38+/m0/s1. The van der Waals surface area contributed by atoms with E-state index in [1.165, 1.54) is 11.4 Å². The number of carbonyl (C=O) groups is 2. The van der Waals surface area contributed by atoms with Crippen LogP contribution in [0.5, 0.6) is 0 Å². The van der Waals surface area contributed by atoms with Crippen LogP contribution in [0.4, 0.5) is 0 Å². The van der Waals surface area contributed by atoms with Crippen molar-refractivity contribution in [2.45, 2.75) is 95.0 Å². The van der Waals surface area contributed by atoms with Crippen LogP contribution in [-0.2, 0) is 32.6 Å². The number of aliphatic hydroxyl groups excluding tert-OH is 2. The molecule has 1 aliphatic rings. The molecule has 3 unspecified atom stereocenters. The van der Waals surface area contributed by atoms with E-state index in [9.17, 15) is 28.2 Å². The molecule has 1 aliphatic carbocycles. The number of aliphatic hydroxyl groups is 2. The maximum absolute atomic E-state index is 13.9. The Hall–Kier alpha value is -3.71. The van der Waals surface area contributed by atoms with Crippen LogP contribution in [0.15, 0.2) is 60.7 Å². The molecule has 2 aromatic carbocycles. The number of rotatable bonds is 21. The molecule has 278 valence electrons. The maximum Gasteiger partial charge on any atom is 0.243 e. The van der Waals surface area contributed by atoms with Gasteiger partial charge in [0.15, 0.2) is 0 Å². The Kier molecular flexibility index (Phi) is 17.7. The first-order chi connectivity index (χ1) is 24.4. The molecule has 0 aliphatic heterocycles. The van der Waals surface area contributed by atoms with Crippen LogP contribution in [0.3, 0.4) is 0 Å². The van der Waals surface area contributed by atoms with Crippen molar-refractivity contribution < 1.29 is 28.2 Å². The fourth-order valence-corrected chi connectivity index (χ4v) is 7.96. The molecule has 3 rings (SSSR count). The first-order valence-corrected chi connectivity index (χ1v) is 19.6. The van der Waals surface area contributed by atoms with Crippen LogP contribution in [0.2, 0.25) is 0 Å². The second-order valence-corrected chi connectivity index (χ2v) is 16.0. The predicted octanol–water partition coefficient (Wildman–Crippen LogP) is 3.34. The first-order valence-electron chi connectivity index (χ1n) is 18.0. The van der Waals surface area contributed by atoms with Gasteiger partial charge in [-0.2, -0.15) is 0 Å². The van der Waals surface area contributed by atoms with Crippen molar-refractivity contribution >= 4 is 21.8 Å². The lowest BCUT2D eigenvalue weighted by Crippen LogP contribution is -2.56. The Labute approximate surface area is 305 Å². The Morgan fingerprint density at radius 2 is 1.51 bits per heavy atom. The van der Waals surface area contributed by atoms with Crippen molar-refractivity contribution in [3.05, 3.63) is 71.8 Å². The Balaban J connectivity index is 1.74. The minimum Gasteiger partial charge on any atom is -0.390 e. The number of nitrogens with one attached hydrogen (secondary N) is 2. The molecule has 2 aromatic rings. The number of likely N-dealkylation sites (N-methyl/N-ethyl adjacent to an activating group) is 2. The molecule has 4 N–H and O–H groups in total. The van der Waals surface area contributed by atoms with Gasteiger partial charge in [0.2, 0.25) is 21.8 Å². The van der Waals surface area contributed by atoms with Crippen LogP contribution in [0.25, 0.3) is 0 Å². The third-order valence-electron chi connectivity index (χ3n) is 9.66. The lowest BCUT2D eigenvalue weighted by Gasteiger charge is -2.33. The van der Waals surface area contributed by atoms with Crippen molar-refractivity contribution in [3.63, 3.8) is 0 Å². The third-order valence-corrected chi connectivity index (χ3v) is 11.6. The number of hydrogen-bond donors (Lipinski definition) is 4. The summed E-state index contributed by atoms with van der Waals surface area (Å²) in [6.07, 6.45) is 14.6. The van der Waals surface area contributed by atoms with E-state index < -0.39 is 57.8 Å². The van der Waals surface area contributed by atoms with Crippen molar-refractivity contribution in [3.8, 4) is 24.7 Å². The van der Waals surface area contributed by atoms with Crippen LogP contribution in [0.1, 0.15) is 68.9 Å². The van der Waals surface area contributed by atoms with E-state index in [2.05, 4.69) is 22.5 Å². The molecular weight excluding hydrogens is 665 g/mol. The van der Waals surface area contributed by atoms with Gasteiger partial charge in [0, 0.05) is 39.5 Å². The number of carbonyl (C=O) groups excluding carboxylic acids is 2. The van der Waals surface area contributed by atoms with Gasteiger partial charge in [0.1, 0.15) is 12.1 Å². The minimum absolute atomic E-state index is 0.127. The molecule has 0 saturated heterocycles. The summed E-state index contributed by atoms with van der Waals surface area (Å²) in [7, 11) is -0.465. The molecule has 0 aromatic heterocycles. The lowest BCUT2D eigenvalue weighted by atomic mass is 9.82. The molecule has 11 heteroatoms. The second kappa shape index (κ2) is 21.6. The fraction of sp³-hybridized carbons (Fsp3) is 0.550. The summed E-state index contributed by atoms with van der Waals surface area (Å²) in [5.74, 6) is 2.45. The molecule has 1 fully saturated rings. The third kappa shape index (κ3) is 14.4. The Morgan fingerprint density at radius 3 is 2.12 bits per heavy atom. The highest BCUT2D eigenvalue weighted by molar-refractivity contribution is 7.89. The van der Waals surface area contributed by atoms with E-state index in [1.807, 2.05) is 72.6 Å². The van der Waals surface area contributed by atoms with Crippen LogP contribution in [-0.4, -0.2) is 96.9 Å². The van der Waals surface area contributed by atoms with Crippen molar-refractivity contribution in [1.29, 1.82) is 0 Å². The number of hydrogen-bond acceptors (Lipinski definition) is 7. The minimum atomic E-state index is -3.90.